The van der Waals surface area contributed by atoms with Crippen LogP contribution in [0.1, 0.15) is 48.4 Å². The highest BCUT2D eigenvalue weighted by Crippen LogP contribution is 2.30. The molecule has 1 aliphatic heterocycles. The van der Waals surface area contributed by atoms with Crippen LogP contribution in [-0.2, 0) is 11.3 Å². The van der Waals surface area contributed by atoms with Crippen LogP contribution >= 0.6 is 0 Å². The number of benzene rings is 2. The number of esters is 1. The number of phenols is 1. The van der Waals surface area contributed by atoms with E-state index in [1.807, 2.05) is 0 Å². The molecule has 7 nitrogen and oxygen atoms in total. The van der Waals surface area contributed by atoms with Gasteiger partial charge in [-0.1, -0.05) is 6.92 Å². The summed E-state index contributed by atoms with van der Waals surface area (Å²) in [5.74, 6) is 1.18. The van der Waals surface area contributed by atoms with E-state index in [0.29, 0.717) is 52.7 Å². The van der Waals surface area contributed by atoms with Crippen molar-refractivity contribution in [3.8, 4) is 17.2 Å². The maximum atomic E-state index is 13.3. The van der Waals surface area contributed by atoms with E-state index in [2.05, 4.69) is 6.92 Å². The van der Waals surface area contributed by atoms with E-state index in [-0.39, 0.29) is 16.9 Å². The number of likely N-dealkylation sites (tertiary alicyclic amines) is 1. The average molecular weight is 453 g/mol. The molecule has 33 heavy (non-hydrogen) atoms. The lowest BCUT2D eigenvalue weighted by Gasteiger charge is -2.28. The molecule has 0 radical (unpaired) electrons. The molecule has 2 atom stereocenters. The second-order valence-corrected chi connectivity index (χ2v) is 8.73. The van der Waals surface area contributed by atoms with Gasteiger partial charge >= 0.3 is 5.97 Å². The van der Waals surface area contributed by atoms with Gasteiger partial charge in [-0.15, -0.1) is 0 Å². The van der Waals surface area contributed by atoms with Crippen molar-refractivity contribution in [2.75, 3.05) is 19.7 Å². The SMILES string of the molecule is CCOC(=O)c1ccc(Oc2c(C)oc3c(C[NH+]4CCC[C@H](C)C4)c(O)ccc3c2=O)cc1. The zero-order chi connectivity index (χ0) is 23.5. The molecular weight excluding hydrogens is 422 g/mol. The van der Waals surface area contributed by atoms with Gasteiger partial charge in [-0.2, -0.15) is 0 Å². The van der Waals surface area contributed by atoms with Gasteiger partial charge in [0.1, 0.15) is 23.8 Å². The van der Waals surface area contributed by atoms with Crippen molar-refractivity contribution < 1.29 is 28.7 Å². The van der Waals surface area contributed by atoms with Gasteiger partial charge < -0.3 is 23.9 Å². The fourth-order valence-corrected chi connectivity index (χ4v) is 4.48. The Morgan fingerprint density at radius 2 is 1.97 bits per heavy atom. The Balaban J connectivity index is 1.65. The number of carbonyl (C=O) groups is 1. The third kappa shape index (κ3) is 4.88. The summed E-state index contributed by atoms with van der Waals surface area (Å²) in [4.78, 5) is 26.5. The first-order valence-electron chi connectivity index (χ1n) is 11.4. The number of hydrogen-bond donors (Lipinski definition) is 2. The van der Waals surface area contributed by atoms with Crippen molar-refractivity contribution in [1.29, 1.82) is 0 Å². The standard InChI is InChI=1S/C26H29NO6/c1-4-31-26(30)18-7-9-19(10-8-18)33-24-17(3)32-25-20(23(24)29)11-12-22(28)21(25)15-27-13-5-6-16(2)14-27/h7-12,16,28H,4-6,13-15H2,1-3H3/p+1/t16-/m0/s1. The second kappa shape index (κ2) is 9.67. The topological polar surface area (TPSA) is 90.4 Å². The summed E-state index contributed by atoms with van der Waals surface area (Å²) in [6.45, 7) is 8.63. The Morgan fingerprint density at radius 3 is 2.67 bits per heavy atom. The number of aryl methyl sites for hydroxylation is 1. The molecule has 0 bridgehead atoms. The van der Waals surface area contributed by atoms with Crippen LogP contribution in [0.3, 0.4) is 0 Å². The highest BCUT2D eigenvalue weighted by atomic mass is 16.5. The van der Waals surface area contributed by atoms with Gasteiger partial charge in [-0.3, -0.25) is 4.79 Å². The van der Waals surface area contributed by atoms with Crippen molar-refractivity contribution in [2.24, 2.45) is 5.92 Å². The van der Waals surface area contributed by atoms with Crippen LogP contribution < -0.4 is 15.1 Å². The van der Waals surface area contributed by atoms with Gasteiger partial charge in [-0.25, -0.2) is 4.79 Å². The third-order valence-electron chi connectivity index (χ3n) is 6.14. The molecule has 0 spiro atoms. The number of carbonyl (C=O) groups excluding carboxylic acids is 1. The molecule has 1 fully saturated rings. The molecule has 174 valence electrons. The number of piperidine rings is 1. The van der Waals surface area contributed by atoms with Gasteiger partial charge in [0.2, 0.25) is 11.2 Å². The molecule has 1 aliphatic rings. The van der Waals surface area contributed by atoms with Crippen molar-refractivity contribution in [1.82, 2.24) is 0 Å². The highest BCUT2D eigenvalue weighted by Gasteiger charge is 2.25. The first kappa shape index (κ1) is 22.9. The lowest BCUT2D eigenvalue weighted by molar-refractivity contribution is -0.922. The van der Waals surface area contributed by atoms with Gasteiger partial charge in [0.15, 0.2) is 5.58 Å². The summed E-state index contributed by atoms with van der Waals surface area (Å²) in [6.07, 6.45) is 2.37. The molecule has 2 heterocycles. The molecule has 1 saturated heterocycles. The molecule has 1 aromatic heterocycles. The van der Waals surface area contributed by atoms with E-state index in [1.165, 1.54) is 11.3 Å². The van der Waals surface area contributed by atoms with E-state index in [4.69, 9.17) is 13.9 Å². The summed E-state index contributed by atoms with van der Waals surface area (Å²) < 4.78 is 16.9. The summed E-state index contributed by atoms with van der Waals surface area (Å²) in [6, 6.07) is 9.52. The second-order valence-electron chi connectivity index (χ2n) is 8.73. The summed E-state index contributed by atoms with van der Waals surface area (Å²) in [7, 11) is 0. The molecule has 4 rings (SSSR count). The van der Waals surface area contributed by atoms with Gasteiger partial charge in [0.25, 0.3) is 0 Å². The van der Waals surface area contributed by atoms with Gasteiger partial charge in [0.05, 0.1) is 36.2 Å². The predicted molar refractivity (Wildman–Crippen MR) is 124 cm³/mol. The van der Waals surface area contributed by atoms with E-state index >= 15 is 0 Å². The first-order chi connectivity index (χ1) is 15.9. The number of nitrogens with one attached hydrogen (secondary N) is 1. The molecule has 3 aromatic rings. The largest absolute Gasteiger partial charge is 0.507 e. The van der Waals surface area contributed by atoms with Crippen molar-refractivity contribution in [3.63, 3.8) is 0 Å². The molecule has 0 aliphatic carbocycles. The van der Waals surface area contributed by atoms with Crippen LogP contribution in [0, 0.1) is 12.8 Å². The molecular formula is C26H30NO6+. The minimum absolute atomic E-state index is 0.0852. The zero-order valence-electron chi connectivity index (χ0n) is 19.3. The Morgan fingerprint density at radius 1 is 1.21 bits per heavy atom. The zero-order valence-corrected chi connectivity index (χ0v) is 19.3. The van der Waals surface area contributed by atoms with Gasteiger partial charge in [0, 0.05) is 5.92 Å². The fraction of sp³-hybridized carbons (Fsp3) is 0.385. The van der Waals surface area contributed by atoms with Crippen molar-refractivity contribution in [2.45, 2.75) is 40.2 Å². The lowest BCUT2D eigenvalue weighted by atomic mass is 9.99. The van der Waals surface area contributed by atoms with E-state index < -0.39 is 5.97 Å². The number of rotatable bonds is 6. The lowest BCUT2D eigenvalue weighted by Crippen LogP contribution is -3.12. The number of hydrogen-bond acceptors (Lipinski definition) is 6. The third-order valence-corrected chi connectivity index (χ3v) is 6.14. The minimum atomic E-state index is -0.414. The number of quaternary nitrogens is 1. The molecule has 0 amide bonds. The Labute approximate surface area is 192 Å². The molecule has 0 saturated carbocycles. The first-order valence-corrected chi connectivity index (χ1v) is 11.4. The quantitative estimate of drug-likeness (QED) is 0.556. The molecule has 1 unspecified atom stereocenters. The predicted octanol–water partition coefficient (Wildman–Crippen LogP) is 3.59. The van der Waals surface area contributed by atoms with Crippen LogP contribution in [0.2, 0.25) is 0 Å². The molecule has 7 heteroatoms. The monoisotopic (exact) mass is 452 g/mol. The Bertz CT molecular complexity index is 1210. The highest BCUT2D eigenvalue weighted by molar-refractivity contribution is 5.89. The van der Waals surface area contributed by atoms with Crippen LogP contribution in [0.25, 0.3) is 11.0 Å². The normalized spacial score (nSPS) is 18.3. The van der Waals surface area contributed by atoms with Gasteiger partial charge in [-0.05, 0) is 63.1 Å². The van der Waals surface area contributed by atoms with E-state index in [0.717, 1.165) is 19.5 Å². The summed E-state index contributed by atoms with van der Waals surface area (Å²) in [5, 5.41) is 10.9. The fourth-order valence-electron chi connectivity index (χ4n) is 4.48. The van der Waals surface area contributed by atoms with Crippen molar-refractivity contribution in [3.05, 3.63) is 63.5 Å². The van der Waals surface area contributed by atoms with Crippen LogP contribution in [-0.4, -0.2) is 30.8 Å². The molecule has 2 aromatic carbocycles. The maximum absolute atomic E-state index is 13.3. The Kier molecular flexibility index (Phi) is 6.70. The van der Waals surface area contributed by atoms with E-state index in [9.17, 15) is 14.7 Å². The smallest absolute Gasteiger partial charge is 0.338 e. The minimum Gasteiger partial charge on any atom is -0.507 e. The van der Waals surface area contributed by atoms with Crippen LogP contribution in [0.5, 0.6) is 17.2 Å². The van der Waals surface area contributed by atoms with Crippen LogP contribution in [0.4, 0.5) is 0 Å². The summed E-state index contributed by atoms with van der Waals surface area (Å²) >= 11 is 0. The number of aromatic hydroxyl groups is 1. The number of fused-ring (bicyclic) bond motifs is 1. The van der Waals surface area contributed by atoms with E-state index in [1.54, 1.807) is 50.2 Å². The number of ether oxygens (including phenoxy) is 2. The average Bonchev–Trinajstić information content (AvgIpc) is 2.79. The summed E-state index contributed by atoms with van der Waals surface area (Å²) in [5.41, 5.74) is 1.17. The number of phenolic OH excluding ortho intramolecular Hbond substituents is 1. The maximum Gasteiger partial charge on any atom is 0.338 e. The van der Waals surface area contributed by atoms with Crippen molar-refractivity contribution >= 4 is 16.9 Å². The Hall–Kier alpha value is -3.32. The van der Waals surface area contributed by atoms with Crippen LogP contribution in [0.15, 0.2) is 45.6 Å². The molecule has 2 N–H and O–H groups in total.